The molecule has 0 saturated heterocycles. The standard InChI is InChI=1S/C14H11N9O8/c15-4(12(27)31-23-3-17-7-9(23)19-14(29)21-11(7)26)1-5(24)30-22-2-16-6-8(22)18-13(28)20-10(6)25/h2-4H,1,15H2,(H2,18,20,25,28)(H2,19,21,26,29)/t4-/m0/s1. The predicted molar refractivity (Wildman–Crippen MR) is 97.7 cm³/mol. The lowest BCUT2D eigenvalue weighted by Gasteiger charge is -2.11. The quantitative estimate of drug-likeness (QED) is 0.200. The number of rotatable bonds is 5. The smallest absolute Gasteiger partial charge is 0.333 e. The maximum absolute atomic E-state index is 12.2. The SMILES string of the molecule is N[C@@H](CC(=O)On1cnc2c(=O)[nH]c(=O)[nH]c21)C(=O)On1cnc2c(=O)[nH]c(=O)[nH]c21. The van der Waals surface area contributed by atoms with Gasteiger partial charge in [0, 0.05) is 0 Å². The minimum atomic E-state index is -1.52. The average Bonchev–Trinajstić information content (AvgIpc) is 3.26. The van der Waals surface area contributed by atoms with Gasteiger partial charge >= 0.3 is 23.3 Å². The highest BCUT2D eigenvalue weighted by Crippen LogP contribution is 2.03. The Morgan fingerprint density at radius 2 is 1.35 bits per heavy atom. The summed E-state index contributed by atoms with van der Waals surface area (Å²) in [6.45, 7) is 0. The van der Waals surface area contributed by atoms with Crippen LogP contribution in [0.15, 0.2) is 31.8 Å². The highest BCUT2D eigenvalue weighted by Gasteiger charge is 2.23. The number of hydrogen-bond acceptors (Lipinski definition) is 11. The Bertz CT molecular complexity index is 1560. The van der Waals surface area contributed by atoms with Crippen LogP contribution in [0, 0.1) is 0 Å². The van der Waals surface area contributed by atoms with E-state index in [2.05, 4.69) is 19.9 Å². The molecule has 0 bridgehead atoms. The van der Waals surface area contributed by atoms with E-state index in [1.807, 2.05) is 9.97 Å². The molecule has 4 aromatic heterocycles. The Morgan fingerprint density at radius 1 is 0.871 bits per heavy atom. The zero-order chi connectivity index (χ0) is 22.3. The van der Waals surface area contributed by atoms with Crippen molar-refractivity contribution in [2.75, 3.05) is 0 Å². The van der Waals surface area contributed by atoms with Gasteiger partial charge in [0.15, 0.2) is 22.3 Å². The zero-order valence-electron chi connectivity index (χ0n) is 15.1. The van der Waals surface area contributed by atoms with Gasteiger partial charge in [-0.2, -0.15) is 0 Å². The van der Waals surface area contributed by atoms with E-state index < -0.39 is 46.9 Å². The number of imidazole rings is 2. The number of nitrogens with zero attached hydrogens (tertiary/aromatic N) is 4. The summed E-state index contributed by atoms with van der Waals surface area (Å²) >= 11 is 0. The Hall–Kier alpha value is -4.80. The van der Waals surface area contributed by atoms with Crippen LogP contribution in [0.25, 0.3) is 22.3 Å². The summed E-state index contributed by atoms with van der Waals surface area (Å²) in [7, 11) is 0. The van der Waals surface area contributed by atoms with E-state index in [0.717, 1.165) is 17.4 Å². The van der Waals surface area contributed by atoms with Crippen LogP contribution >= 0.6 is 0 Å². The van der Waals surface area contributed by atoms with E-state index in [9.17, 15) is 28.8 Å². The Balaban J connectivity index is 1.47. The molecule has 0 aliphatic heterocycles. The van der Waals surface area contributed by atoms with Crippen molar-refractivity contribution >= 4 is 34.3 Å². The van der Waals surface area contributed by atoms with Crippen molar-refractivity contribution in [3.63, 3.8) is 0 Å². The molecule has 0 aliphatic carbocycles. The first-order valence-corrected chi connectivity index (χ1v) is 8.31. The first-order valence-electron chi connectivity index (χ1n) is 8.31. The van der Waals surface area contributed by atoms with Gasteiger partial charge in [-0.15, -0.1) is 9.46 Å². The van der Waals surface area contributed by atoms with E-state index in [-0.39, 0.29) is 22.3 Å². The molecular weight excluding hydrogens is 422 g/mol. The fraction of sp³-hybridized carbons (Fsp3) is 0.143. The molecule has 4 rings (SSSR count). The summed E-state index contributed by atoms with van der Waals surface area (Å²) in [5.41, 5.74) is 1.58. The zero-order valence-corrected chi connectivity index (χ0v) is 15.1. The van der Waals surface area contributed by atoms with Crippen molar-refractivity contribution in [3.05, 3.63) is 54.3 Å². The number of fused-ring (bicyclic) bond motifs is 2. The van der Waals surface area contributed by atoms with Gasteiger partial charge in [0.1, 0.15) is 18.7 Å². The molecule has 1 atom stereocenters. The van der Waals surface area contributed by atoms with Crippen LogP contribution in [0.1, 0.15) is 6.42 Å². The minimum absolute atomic E-state index is 0.183. The topological polar surface area (TPSA) is 246 Å². The Labute approximate surface area is 166 Å². The number of H-pyrrole nitrogens is 4. The van der Waals surface area contributed by atoms with Crippen molar-refractivity contribution in [3.8, 4) is 0 Å². The molecule has 0 aliphatic rings. The molecule has 160 valence electrons. The van der Waals surface area contributed by atoms with Gasteiger partial charge in [-0.1, -0.05) is 0 Å². The fourth-order valence-electron chi connectivity index (χ4n) is 2.54. The lowest BCUT2D eigenvalue weighted by atomic mass is 10.2. The molecular formula is C14H11N9O8. The molecule has 4 heterocycles. The summed E-state index contributed by atoms with van der Waals surface area (Å²) < 4.78 is 1.44. The highest BCUT2D eigenvalue weighted by atomic mass is 16.7. The van der Waals surface area contributed by atoms with E-state index in [1.165, 1.54) is 0 Å². The summed E-state index contributed by atoms with van der Waals surface area (Å²) in [6, 6.07) is -1.52. The van der Waals surface area contributed by atoms with Crippen molar-refractivity contribution < 1.29 is 19.3 Å². The Kier molecular flexibility index (Phi) is 4.55. The molecule has 0 aromatic carbocycles. The number of carbonyl (C=O) groups excluding carboxylic acids is 2. The number of aromatic amines is 4. The molecule has 4 aromatic rings. The van der Waals surface area contributed by atoms with Gasteiger partial charge in [0.25, 0.3) is 11.1 Å². The average molecular weight is 433 g/mol. The van der Waals surface area contributed by atoms with E-state index in [0.29, 0.717) is 4.73 Å². The second-order valence-electron chi connectivity index (χ2n) is 6.04. The highest BCUT2D eigenvalue weighted by molar-refractivity contribution is 5.83. The van der Waals surface area contributed by atoms with Crippen molar-refractivity contribution in [1.82, 2.24) is 39.4 Å². The van der Waals surface area contributed by atoms with E-state index >= 15 is 0 Å². The van der Waals surface area contributed by atoms with Gasteiger partial charge < -0.3 is 15.4 Å². The van der Waals surface area contributed by atoms with Crippen LogP contribution in [0.5, 0.6) is 0 Å². The fourth-order valence-corrected chi connectivity index (χ4v) is 2.54. The van der Waals surface area contributed by atoms with E-state index in [4.69, 9.17) is 15.4 Å². The summed E-state index contributed by atoms with van der Waals surface area (Å²) in [5, 5.41) is 0. The third-order valence-electron chi connectivity index (χ3n) is 3.90. The molecule has 17 nitrogen and oxygen atoms in total. The monoisotopic (exact) mass is 433 g/mol. The van der Waals surface area contributed by atoms with Crippen LogP contribution in [0.3, 0.4) is 0 Å². The number of aromatic nitrogens is 8. The summed E-state index contributed by atoms with van der Waals surface area (Å²) in [6.07, 6.45) is 1.24. The second-order valence-corrected chi connectivity index (χ2v) is 6.04. The summed E-state index contributed by atoms with van der Waals surface area (Å²) in [4.78, 5) is 95.9. The molecule has 31 heavy (non-hydrogen) atoms. The maximum Gasteiger partial charge on any atom is 0.350 e. The van der Waals surface area contributed by atoms with Crippen LogP contribution in [0.2, 0.25) is 0 Å². The third kappa shape index (κ3) is 3.62. The van der Waals surface area contributed by atoms with Crippen LogP contribution < -0.4 is 37.9 Å². The van der Waals surface area contributed by atoms with Gasteiger partial charge in [-0.3, -0.25) is 29.5 Å². The predicted octanol–water partition coefficient (Wildman–Crippen LogP) is -4.53. The lowest BCUT2D eigenvalue weighted by Crippen LogP contribution is -2.41. The van der Waals surface area contributed by atoms with Crippen LogP contribution in [-0.4, -0.2) is 57.3 Å². The number of carbonyl (C=O) groups is 2. The van der Waals surface area contributed by atoms with Crippen molar-refractivity contribution in [2.24, 2.45) is 5.73 Å². The van der Waals surface area contributed by atoms with Crippen molar-refractivity contribution in [1.29, 1.82) is 0 Å². The minimum Gasteiger partial charge on any atom is -0.333 e. The number of nitrogens with one attached hydrogen (secondary N) is 4. The molecule has 6 N–H and O–H groups in total. The van der Waals surface area contributed by atoms with Gasteiger partial charge in [-0.05, 0) is 0 Å². The van der Waals surface area contributed by atoms with E-state index in [1.54, 1.807) is 0 Å². The molecule has 0 spiro atoms. The number of nitrogens with two attached hydrogens (primary N) is 1. The second kappa shape index (κ2) is 7.22. The first-order chi connectivity index (χ1) is 14.7. The lowest BCUT2D eigenvalue weighted by molar-refractivity contribution is -0.151. The molecule has 0 unspecified atom stereocenters. The van der Waals surface area contributed by atoms with Crippen LogP contribution in [-0.2, 0) is 9.59 Å². The Morgan fingerprint density at radius 3 is 1.87 bits per heavy atom. The molecule has 0 amide bonds. The molecule has 0 radical (unpaired) electrons. The normalized spacial score (nSPS) is 12.2. The van der Waals surface area contributed by atoms with Crippen LogP contribution in [0.4, 0.5) is 0 Å². The first kappa shape index (κ1) is 19.5. The summed E-state index contributed by atoms with van der Waals surface area (Å²) in [5.74, 6) is -2.14. The van der Waals surface area contributed by atoms with Gasteiger partial charge in [0.05, 0.1) is 6.42 Å². The largest absolute Gasteiger partial charge is 0.350 e. The molecule has 17 heteroatoms. The third-order valence-corrected chi connectivity index (χ3v) is 3.90. The number of hydrogen-bond donors (Lipinski definition) is 5. The molecule has 0 fully saturated rings. The molecule has 0 saturated carbocycles. The van der Waals surface area contributed by atoms with Crippen molar-refractivity contribution in [2.45, 2.75) is 12.5 Å². The van der Waals surface area contributed by atoms with Gasteiger partial charge in [0.2, 0.25) is 0 Å². The van der Waals surface area contributed by atoms with Gasteiger partial charge in [-0.25, -0.2) is 29.1 Å². The maximum atomic E-state index is 12.2.